The van der Waals surface area contributed by atoms with Gasteiger partial charge < -0.3 is 14.6 Å². The number of rotatable bonds is 8. The topological polar surface area (TPSA) is 51.0 Å². The second kappa shape index (κ2) is 6.59. The molecule has 0 fully saturated rings. The van der Waals surface area contributed by atoms with Crippen molar-refractivity contribution in [3.05, 3.63) is 24.7 Å². The average molecular weight is 255 g/mol. The summed E-state index contributed by atoms with van der Waals surface area (Å²) in [6.45, 7) is 13.6. The van der Waals surface area contributed by atoms with Crippen LogP contribution in [0.4, 0.5) is 0 Å². The molecular formula is C14H25NO3. The van der Waals surface area contributed by atoms with Crippen molar-refractivity contribution >= 4 is 6.21 Å². The molecule has 0 amide bonds. The van der Waals surface area contributed by atoms with Crippen LogP contribution in [-0.2, 0) is 9.47 Å². The highest BCUT2D eigenvalue weighted by atomic mass is 16.5. The highest BCUT2D eigenvalue weighted by Gasteiger charge is 2.43. The van der Waals surface area contributed by atoms with Crippen molar-refractivity contribution in [2.75, 3.05) is 20.8 Å². The molecule has 4 nitrogen and oxygen atoms in total. The lowest BCUT2D eigenvalue weighted by Crippen LogP contribution is -2.43. The zero-order valence-corrected chi connectivity index (χ0v) is 12.1. The lowest BCUT2D eigenvalue weighted by molar-refractivity contribution is 0.103. The Morgan fingerprint density at radius 2 is 1.78 bits per heavy atom. The third-order valence-electron chi connectivity index (χ3n) is 3.57. The van der Waals surface area contributed by atoms with Gasteiger partial charge in [-0.3, -0.25) is 4.99 Å². The van der Waals surface area contributed by atoms with E-state index in [0.29, 0.717) is 17.9 Å². The number of aliphatic hydroxyl groups is 1. The van der Waals surface area contributed by atoms with Crippen LogP contribution in [0.3, 0.4) is 0 Å². The van der Waals surface area contributed by atoms with E-state index in [9.17, 15) is 5.11 Å². The fraction of sp³-hybridized carbons (Fsp3) is 0.643. The first-order valence-corrected chi connectivity index (χ1v) is 5.87. The minimum Gasteiger partial charge on any atom is -0.499 e. The summed E-state index contributed by atoms with van der Waals surface area (Å²) >= 11 is 0. The standard InChI is InChI=1S/C14H25NO3/c1-11(17-6)10-15-14(5,12(2)18-7)13(3,4)8-9-16/h10,16H,1-2,8-9H2,3-7H3/b15-10+. The maximum Gasteiger partial charge on any atom is 0.129 e. The van der Waals surface area contributed by atoms with Gasteiger partial charge in [-0.1, -0.05) is 27.0 Å². The van der Waals surface area contributed by atoms with E-state index < -0.39 is 5.54 Å². The van der Waals surface area contributed by atoms with Crippen LogP contribution < -0.4 is 0 Å². The summed E-state index contributed by atoms with van der Waals surface area (Å²) < 4.78 is 10.2. The van der Waals surface area contributed by atoms with E-state index in [4.69, 9.17) is 9.47 Å². The molecule has 0 bridgehead atoms. The molecule has 0 aliphatic rings. The van der Waals surface area contributed by atoms with Gasteiger partial charge in [-0.2, -0.15) is 0 Å². The Bertz CT molecular complexity index is 334. The molecule has 0 saturated heterocycles. The molecule has 0 rings (SSSR count). The van der Waals surface area contributed by atoms with Gasteiger partial charge in [-0.05, 0) is 18.8 Å². The number of methoxy groups -OCH3 is 2. The third kappa shape index (κ3) is 3.60. The van der Waals surface area contributed by atoms with E-state index in [1.54, 1.807) is 13.3 Å². The summed E-state index contributed by atoms with van der Waals surface area (Å²) in [4.78, 5) is 4.50. The van der Waals surface area contributed by atoms with E-state index >= 15 is 0 Å². The summed E-state index contributed by atoms with van der Waals surface area (Å²) in [5.41, 5.74) is -0.967. The maximum atomic E-state index is 9.18. The van der Waals surface area contributed by atoms with Crippen molar-refractivity contribution in [2.24, 2.45) is 10.4 Å². The van der Waals surface area contributed by atoms with E-state index in [1.807, 2.05) is 20.8 Å². The van der Waals surface area contributed by atoms with Gasteiger partial charge in [0.15, 0.2) is 0 Å². The molecular weight excluding hydrogens is 230 g/mol. The number of aliphatic hydroxyl groups excluding tert-OH is 1. The van der Waals surface area contributed by atoms with E-state index in [2.05, 4.69) is 18.2 Å². The first-order chi connectivity index (χ1) is 8.25. The van der Waals surface area contributed by atoms with Crippen molar-refractivity contribution in [1.82, 2.24) is 0 Å². The summed E-state index contributed by atoms with van der Waals surface area (Å²) in [6, 6.07) is 0. The average Bonchev–Trinajstić information content (AvgIpc) is 2.33. The quantitative estimate of drug-likeness (QED) is 0.535. The number of ether oxygens (including phenoxy) is 2. The van der Waals surface area contributed by atoms with E-state index in [1.165, 1.54) is 7.11 Å². The molecule has 18 heavy (non-hydrogen) atoms. The maximum absolute atomic E-state index is 9.18. The van der Waals surface area contributed by atoms with Gasteiger partial charge >= 0.3 is 0 Å². The minimum atomic E-state index is -0.661. The van der Waals surface area contributed by atoms with Gasteiger partial charge in [0, 0.05) is 6.61 Å². The highest BCUT2D eigenvalue weighted by molar-refractivity contribution is 5.75. The largest absolute Gasteiger partial charge is 0.499 e. The lowest BCUT2D eigenvalue weighted by Gasteiger charge is -2.41. The van der Waals surface area contributed by atoms with Crippen LogP contribution in [0.2, 0.25) is 0 Å². The van der Waals surface area contributed by atoms with Gasteiger partial charge in [-0.15, -0.1) is 0 Å². The Balaban J connectivity index is 5.37. The normalized spacial score (nSPS) is 15.2. The second-order valence-electron chi connectivity index (χ2n) is 4.99. The Labute approximate surface area is 110 Å². The smallest absolute Gasteiger partial charge is 0.129 e. The molecule has 0 spiro atoms. The predicted molar refractivity (Wildman–Crippen MR) is 74.7 cm³/mol. The molecule has 1 atom stereocenters. The molecule has 104 valence electrons. The summed E-state index contributed by atoms with van der Waals surface area (Å²) in [5, 5.41) is 9.18. The molecule has 0 aliphatic heterocycles. The molecule has 4 heteroatoms. The first-order valence-electron chi connectivity index (χ1n) is 5.87. The molecule has 0 radical (unpaired) electrons. The van der Waals surface area contributed by atoms with Gasteiger partial charge in [0.25, 0.3) is 0 Å². The van der Waals surface area contributed by atoms with Gasteiger partial charge in [0.05, 0.1) is 20.4 Å². The number of hydrogen-bond donors (Lipinski definition) is 1. The molecule has 1 N–H and O–H groups in total. The first kappa shape index (κ1) is 16.7. The summed E-state index contributed by atoms with van der Waals surface area (Å²) in [5.74, 6) is 1.01. The zero-order valence-electron chi connectivity index (χ0n) is 12.1. The Hall–Kier alpha value is -1.29. The zero-order chi connectivity index (χ0) is 14.4. The predicted octanol–water partition coefficient (Wildman–Crippen LogP) is 2.54. The molecule has 0 heterocycles. The Kier molecular flexibility index (Phi) is 6.12. The molecule has 1 unspecified atom stereocenters. The van der Waals surface area contributed by atoms with Crippen molar-refractivity contribution in [3.8, 4) is 0 Å². The van der Waals surface area contributed by atoms with Crippen LogP contribution in [0.15, 0.2) is 29.7 Å². The lowest BCUT2D eigenvalue weighted by atomic mass is 9.70. The van der Waals surface area contributed by atoms with Crippen LogP contribution in [0.5, 0.6) is 0 Å². The van der Waals surface area contributed by atoms with Crippen molar-refractivity contribution in [1.29, 1.82) is 0 Å². The van der Waals surface area contributed by atoms with Crippen molar-refractivity contribution < 1.29 is 14.6 Å². The number of nitrogens with zero attached hydrogens (tertiary/aromatic N) is 1. The van der Waals surface area contributed by atoms with Crippen molar-refractivity contribution in [2.45, 2.75) is 32.7 Å². The molecule has 0 aliphatic carbocycles. The monoisotopic (exact) mass is 255 g/mol. The summed E-state index contributed by atoms with van der Waals surface area (Å²) in [7, 11) is 3.10. The SMILES string of the molecule is C=C(/C=N/C(C)(C(=C)OC)C(C)(C)CCO)OC. The fourth-order valence-electron chi connectivity index (χ4n) is 1.60. The van der Waals surface area contributed by atoms with Gasteiger partial charge in [0.2, 0.25) is 0 Å². The molecule has 0 saturated carbocycles. The van der Waals surface area contributed by atoms with Crippen LogP contribution >= 0.6 is 0 Å². The fourth-order valence-corrected chi connectivity index (χ4v) is 1.60. The van der Waals surface area contributed by atoms with E-state index in [-0.39, 0.29) is 12.0 Å². The third-order valence-corrected chi connectivity index (χ3v) is 3.57. The van der Waals surface area contributed by atoms with Crippen molar-refractivity contribution in [3.63, 3.8) is 0 Å². The van der Waals surface area contributed by atoms with Crippen LogP contribution in [0.25, 0.3) is 0 Å². The number of allylic oxidation sites excluding steroid dienone is 1. The minimum absolute atomic E-state index is 0.0837. The summed E-state index contributed by atoms with van der Waals surface area (Å²) in [6.07, 6.45) is 2.14. The Morgan fingerprint density at radius 3 is 2.17 bits per heavy atom. The second-order valence-corrected chi connectivity index (χ2v) is 4.99. The van der Waals surface area contributed by atoms with Crippen LogP contribution in [0.1, 0.15) is 27.2 Å². The molecule has 0 aromatic rings. The Morgan fingerprint density at radius 1 is 1.22 bits per heavy atom. The van der Waals surface area contributed by atoms with Crippen LogP contribution in [-0.4, -0.2) is 37.7 Å². The number of hydrogen-bond acceptors (Lipinski definition) is 4. The van der Waals surface area contributed by atoms with Gasteiger partial charge in [0.1, 0.15) is 17.1 Å². The number of aliphatic imine (C=N–C) groups is 1. The van der Waals surface area contributed by atoms with E-state index in [0.717, 1.165) is 0 Å². The molecule has 0 aromatic heterocycles. The highest BCUT2D eigenvalue weighted by Crippen LogP contribution is 2.42. The van der Waals surface area contributed by atoms with Gasteiger partial charge in [-0.25, -0.2) is 0 Å². The molecule has 0 aromatic carbocycles. The van der Waals surface area contributed by atoms with Crippen LogP contribution in [0, 0.1) is 5.41 Å².